The van der Waals surface area contributed by atoms with Gasteiger partial charge in [-0.25, -0.2) is 0 Å². The van der Waals surface area contributed by atoms with Crippen molar-refractivity contribution in [2.24, 2.45) is 5.73 Å². The predicted molar refractivity (Wildman–Crippen MR) is 66.4 cm³/mol. The standard InChI is InChI=1S/C12H17NO2S/c1-12(2,13)8-4-5-9-10(11(8)16-3)15-7-6-14-9/h4-5H,6-7,13H2,1-3H3. The van der Waals surface area contributed by atoms with Gasteiger partial charge in [0.2, 0.25) is 0 Å². The van der Waals surface area contributed by atoms with E-state index in [9.17, 15) is 0 Å². The number of fused-ring (bicyclic) bond motifs is 1. The SMILES string of the molecule is CSc1c(C(C)(C)N)ccc2c1OCCO2. The van der Waals surface area contributed by atoms with Gasteiger partial charge in [0.1, 0.15) is 13.2 Å². The zero-order chi connectivity index (χ0) is 11.8. The highest BCUT2D eigenvalue weighted by Gasteiger charge is 2.25. The second-order valence-corrected chi connectivity index (χ2v) is 5.21. The van der Waals surface area contributed by atoms with Gasteiger partial charge in [-0.3, -0.25) is 0 Å². The van der Waals surface area contributed by atoms with Crippen LogP contribution >= 0.6 is 11.8 Å². The first-order chi connectivity index (χ1) is 7.54. The summed E-state index contributed by atoms with van der Waals surface area (Å²) in [7, 11) is 0. The van der Waals surface area contributed by atoms with Gasteiger partial charge in [0, 0.05) is 5.54 Å². The van der Waals surface area contributed by atoms with E-state index in [-0.39, 0.29) is 5.54 Å². The summed E-state index contributed by atoms with van der Waals surface area (Å²) in [5.74, 6) is 1.67. The third-order valence-corrected chi connectivity index (χ3v) is 3.38. The van der Waals surface area contributed by atoms with Crippen molar-refractivity contribution in [3.8, 4) is 11.5 Å². The maximum Gasteiger partial charge on any atom is 0.175 e. The normalized spacial score (nSPS) is 15.0. The van der Waals surface area contributed by atoms with E-state index in [4.69, 9.17) is 15.2 Å². The van der Waals surface area contributed by atoms with Crippen molar-refractivity contribution >= 4 is 11.8 Å². The lowest BCUT2D eigenvalue weighted by atomic mass is 9.95. The number of hydrogen-bond donors (Lipinski definition) is 1. The number of benzene rings is 1. The van der Waals surface area contributed by atoms with Crippen LogP contribution in [0.2, 0.25) is 0 Å². The molecule has 4 heteroatoms. The van der Waals surface area contributed by atoms with E-state index in [1.807, 2.05) is 32.2 Å². The molecule has 16 heavy (non-hydrogen) atoms. The molecular formula is C12H17NO2S. The summed E-state index contributed by atoms with van der Waals surface area (Å²) >= 11 is 1.65. The van der Waals surface area contributed by atoms with Gasteiger partial charge >= 0.3 is 0 Å². The summed E-state index contributed by atoms with van der Waals surface area (Å²) in [6, 6.07) is 3.97. The molecule has 1 aromatic rings. The van der Waals surface area contributed by atoms with Crippen molar-refractivity contribution in [2.45, 2.75) is 24.3 Å². The summed E-state index contributed by atoms with van der Waals surface area (Å²) in [6.07, 6.45) is 2.03. The topological polar surface area (TPSA) is 44.5 Å². The molecule has 0 amide bonds. The lowest BCUT2D eigenvalue weighted by molar-refractivity contribution is 0.166. The molecule has 0 bridgehead atoms. The molecule has 0 radical (unpaired) electrons. The molecule has 3 nitrogen and oxygen atoms in total. The van der Waals surface area contributed by atoms with E-state index in [0.29, 0.717) is 13.2 Å². The molecule has 0 atom stereocenters. The van der Waals surface area contributed by atoms with Crippen LogP contribution in [-0.4, -0.2) is 19.5 Å². The zero-order valence-corrected chi connectivity index (χ0v) is 10.7. The smallest absolute Gasteiger partial charge is 0.175 e. The van der Waals surface area contributed by atoms with Crippen LogP contribution in [0.4, 0.5) is 0 Å². The Morgan fingerprint density at radius 2 is 1.94 bits per heavy atom. The summed E-state index contributed by atoms with van der Waals surface area (Å²) in [6.45, 7) is 5.22. The fourth-order valence-corrected chi connectivity index (χ4v) is 2.70. The van der Waals surface area contributed by atoms with Crippen LogP contribution in [-0.2, 0) is 5.54 Å². The van der Waals surface area contributed by atoms with Crippen molar-refractivity contribution in [1.29, 1.82) is 0 Å². The second-order valence-electron chi connectivity index (χ2n) is 4.39. The van der Waals surface area contributed by atoms with Crippen molar-refractivity contribution in [1.82, 2.24) is 0 Å². The average molecular weight is 239 g/mol. The Morgan fingerprint density at radius 3 is 2.56 bits per heavy atom. The Balaban J connectivity index is 2.56. The molecule has 1 aliphatic rings. The summed E-state index contributed by atoms with van der Waals surface area (Å²) in [4.78, 5) is 1.09. The molecule has 0 saturated heterocycles. The van der Waals surface area contributed by atoms with Gasteiger partial charge in [0.15, 0.2) is 11.5 Å². The molecule has 0 aromatic heterocycles. The summed E-state index contributed by atoms with van der Waals surface area (Å²) < 4.78 is 11.2. The van der Waals surface area contributed by atoms with Gasteiger partial charge in [-0.05, 0) is 31.7 Å². The molecule has 1 heterocycles. The average Bonchev–Trinajstić information content (AvgIpc) is 2.26. The molecule has 1 aliphatic heterocycles. The van der Waals surface area contributed by atoms with E-state index in [0.717, 1.165) is 22.0 Å². The molecule has 0 spiro atoms. The van der Waals surface area contributed by atoms with E-state index in [1.165, 1.54) is 0 Å². The van der Waals surface area contributed by atoms with Gasteiger partial charge in [-0.1, -0.05) is 6.07 Å². The zero-order valence-electron chi connectivity index (χ0n) is 9.87. The van der Waals surface area contributed by atoms with Crippen LogP contribution < -0.4 is 15.2 Å². The molecular weight excluding hydrogens is 222 g/mol. The predicted octanol–water partition coefficient (Wildman–Crippen LogP) is 2.37. The minimum Gasteiger partial charge on any atom is -0.486 e. The maximum atomic E-state index is 6.16. The highest BCUT2D eigenvalue weighted by Crippen LogP contribution is 2.43. The third-order valence-electron chi connectivity index (χ3n) is 2.56. The third kappa shape index (κ3) is 1.99. The van der Waals surface area contributed by atoms with Gasteiger partial charge < -0.3 is 15.2 Å². The highest BCUT2D eigenvalue weighted by molar-refractivity contribution is 7.98. The lowest BCUT2D eigenvalue weighted by Gasteiger charge is -2.27. The van der Waals surface area contributed by atoms with Crippen LogP contribution in [0.3, 0.4) is 0 Å². The fraction of sp³-hybridized carbons (Fsp3) is 0.500. The number of nitrogens with two attached hydrogens (primary N) is 1. The Labute approximate surface area is 100 Å². The molecule has 0 aliphatic carbocycles. The van der Waals surface area contributed by atoms with Gasteiger partial charge in [-0.2, -0.15) is 0 Å². The molecule has 2 rings (SSSR count). The summed E-state index contributed by atoms with van der Waals surface area (Å²) in [5, 5.41) is 0. The highest BCUT2D eigenvalue weighted by atomic mass is 32.2. The van der Waals surface area contributed by atoms with Crippen molar-refractivity contribution < 1.29 is 9.47 Å². The lowest BCUT2D eigenvalue weighted by Crippen LogP contribution is -2.30. The fourth-order valence-electron chi connectivity index (χ4n) is 1.80. The first-order valence-corrected chi connectivity index (χ1v) is 6.52. The van der Waals surface area contributed by atoms with Crippen molar-refractivity contribution in [3.63, 3.8) is 0 Å². The Kier molecular flexibility index (Phi) is 3.04. The maximum absolute atomic E-state index is 6.16. The second kappa shape index (κ2) is 4.18. The summed E-state index contributed by atoms with van der Waals surface area (Å²) in [5.41, 5.74) is 6.89. The van der Waals surface area contributed by atoms with Gasteiger partial charge in [-0.15, -0.1) is 11.8 Å². The largest absolute Gasteiger partial charge is 0.486 e. The first kappa shape index (κ1) is 11.6. The number of thioether (sulfide) groups is 1. The number of hydrogen-bond acceptors (Lipinski definition) is 4. The Hall–Kier alpha value is -0.870. The number of ether oxygens (including phenoxy) is 2. The van der Waals surface area contributed by atoms with Crippen LogP contribution in [0.1, 0.15) is 19.4 Å². The first-order valence-electron chi connectivity index (χ1n) is 5.30. The molecule has 0 fully saturated rings. The minimum absolute atomic E-state index is 0.367. The molecule has 1 aromatic carbocycles. The van der Waals surface area contributed by atoms with Crippen LogP contribution in [0.15, 0.2) is 17.0 Å². The molecule has 2 N–H and O–H groups in total. The van der Waals surface area contributed by atoms with E-state index in [1.54, 1.807) is 11.8 Å². The van der Waals surface area contributed by atoms with Crippen LogP contribution in [0.5, 0.6) is 11.5 Å². The monoisotopic (exact) mass is 239 g/mol. The molecule has 88 valence electrons. The van der Waals surface area contributed by atoms with Gasteiger partial charge in [0.05, 0.1) is 4.90 Å². The molecule has 0 unspecified atom stereocenters. The quantitative estimate of drug-likeness (QED) is 0.805. The van der Waals surface area contributed by atoms with Crippen molar-refractivity contribution in [3.05, 3.63) is 17.7 Å². The van der Waals surface area contributed by atoms with E-state index in [2.05, 4.69) is 0 Å². The van der Waals surface area contributed by atoms with Crippen LogP contribution in [0, 0.1) is 0 Å². The van der Waals surface area contributed by atoms with Gasteiger partial charge in [0.25, 0.3) is 0 Å². The number of rotatable bonds is 2. The van der Waals surface area contributed by atoms with Crippen LogP contribution in [0.25, 0.3) is 0 Å². The molecule has 0 saturated carbocycles. The Bertz CT molecular complexity index is 399. The van der Waals surface area contributed by atoms with E-state index < -0.39 is 0 Å². The Morgan fingerprint density at radius 1 is 1.25 bits per heavy atom. The minimum atomic E-state index is -0.367. The van der Waals surface area contributed by atoms with Crippen molar-refractivity contribution in [2.75, 3.05) is 19.5 Å². The van der Waals surface area contributed by atoms with E-state index >= 15 is 0 Å².